The predicted octanol–water partition coefficient (Wildman–Crippen LogP) is 5.65. The van der Waals surface area contributed by atoms with Crippen molar-refractivity contribution < 1.29 is 24.2 Å². The molecule has 0 aliphatic carbocycles. The summed E-state index contributed by atoms with van der Waals surface area (Å²) in [6.07, 6.45) is -1.19. The van der Waals surface area contributed by atoms with Gasteiger partial charge in [0.2, 0.25) is 0 Å². The fraction of sp³-hybridized carbons (Fsp3) is 0.120. The number of hydrogen-bond donors (Lipinski definition) is 1. The van der Waals surface area contributed by atoms with Gasteiger partial charge in [-0.1, -0.05) is 71.7 Å². The van der Waals surface area contributed by atoms with Gasteiger partial charge in [0.1, 0.15) is 19.3 Å². The molecule has 0 unspecified atom stereocenters. The first-order valence-electron chi connectivity index (χ1n) is 9.91. The van der Waals surface area contributed by atoms with Crippen LogP contribution in [0.3, 0.4) is 0 Å². The lowest BCUT2D eigenvalue weighted by atomic mass is 9.87. The number of esters is 2. The van der Waals surface area contributed by atoms with Gasteiger partial charge in [-0.05, 0) is 33.7 Å². The summed E-state index contributed by atoms with van der Waals surface area (Å²) in [4.78, 5) is 26.4. The maximum absolute atomic E-state index is 13.2. The summed E-state index contributed by atoms with van der Waals surface area (Å²) < 4.78 is 10.7. The molecule has 1 N–H and O–H groups in total. The maximum Gasteiger partial charge on any atom is 0.340 e. The van der Waals surface area contributed by atoms with Crippen LogP contribution in [-0.4, -0.2) is 36.4 Å². The Labute approximate surface area is 193 Å². The smallest absolute Gasteiger partial charge is 0.340 e. The van der Waals surface area contributed by atoms with Crippen LogP contribution in [0, 0.1) is 0 Å². The third-order valence-corrected chi connectivity index (χ3v) is 6.07. The summed E-state index contributed by atoms with van der Waals surface area (Å²) in [5.41, 5.74) is 1.06. The van der Waals surface area contributed by atoms with Crippen molar-refractivity contribution in [1.29, 1.82) is 0 Å². The van der Waals surface area contributed by atoms with E-state index in [0.717, 1.165) is 10.8 Å². The zero-order valence-corrected chi connectivity index (χ0v) is 18.1. The molecular weight excluding hydrogens is 451 g/mol. The van der Waals surface area contributed by atoms with Gasteiger partial charge in [0, 0.05) is 11.1 Å². The summed E-state index contributed by atoms with van der Waals surface area (Å²) in [5, 5.41) is 13.4. The Kier molecular flexibility index (Phi) is 5.25. The number of benzene rings is 4. The van der Waals surface area contributed by atoms with Gasteiger partial charge >= 0.3 is 11.9 Å². The fourth-order valence-electron chi connectivity index (χ4n) is 4.08. The van der Waals surface area contributed by atoms with Crippen molar-refractivity contribution in [3.63, 3.8) is 0 Å². The minimum absolute atomic E-state index is 0.0981. The molecule has 4 aromatic carbocycles. The fourth-order valence-corrected chi connectivity index (χ4v) is 4.66. The largest absolute Gasteiger partial charge is 0.459 e. The number of aliphatic hydroxyl groups excluding tert-OH is 1. The molecule has 0 radical (unpaired) electrons. The molecule has 4 aromatic rings. The van der Waals surface area contributed by atoms with E-state index in [0.29, 0.717) is 21.9 Å². The molecule has 0 atom stereocenters. The maximum atomic E-state index is 13.2. The Morgan fingerprint density at radius 1 is 0.688 bits per heavy atom. The summed E-state index contributed by atoms with van der Waals surface area (Å²) in [5.74, 6) is -1.42. The number of ether oxygens (including phenoxy) is 2. The molecule has 1 aliphatic heterocycles. The molecule has 5 rings (SSSR count). The highest BCUT2D eigenvalue weighted by molar-refractivity contribution is 6.38. The zero-order valence-electron chi connectivity index (χ0n) is 16.6. The van der Waals surface area contributed by atoms with E-state index in [1.165, 1.54) is 0 Å². The van der Waals surface area contributed by atoms with E-state index >= 15 is 0 Å². The molecule has 1 aliphatic rings. The van der Waals surface area contributed by atoms with Crippen LogP contribution in [0.5, 0.6) is 0 Å². The standard InChI is InChI=1S/C25H16Cl2O5/c26-18-9-13-5-1-3-7-16(13)20-21-17-8-4-2-6-14(17)10-19(27)23(21)25(30)32-12-15(28)11-31-24(29)22(18)20/h1-10,15,28H,11-12H2. The second-order valence-electron chi connectivity index (χ2n) is 7.51. The number of fused-ring (bicyclic) bond motifs is 7. The number of carbonyl (C=O) groups excluding carboxylic acids is 2. The van der Waals surface area contributed by atoms with Crippen molar-refractivity contribution in [2.75, 3.05) is 13.2 Å². The van der Waals surface area contributed by atoms with Gasteiger partial charge in [-0.3, -0.25) is 0 Å². The van der Waals surface area contributed by atoms with Crippen molar-refractivity contribution in [2.45, 2.75) is 6.10 Å². The molecular formula is C25H16Cl2O5. The van der Waals surface area contributed by atoms with Gasteiger partial charge in [0.25, 0.3) is 0 Å². The SMILES string of the molecule is O=C1OCC(O)COC(=O)c2c(Cl)cc3ccccc3c2-c2c1c(Cl)cc1ccccc21. The molecule has 1 heterocycles. The van der Waals surface area contributed by atoms with E-state index in [2.05, 4.69) is 0 Å². The first kappa shape index (κ1) is 20.8. The minimum Gasteiger partial charge on any atom is -0.459 e. The molecule has 0 amide bonds. The van der Waals surface area contributed by atoms with Gasteiger partial charge in [0.05, 0.1) is 21.2 Å². The molecule has 0 saturated heterocycles. The van der Waals surface area contributed by atoms with Crippen molar-refractivity contribution in [2.24, 2.45) is 0 Å². The number of hydrogen-bond acceptors (Lipinski definition) is 5. The highest BCUT2D eigenvalue weighted by Gasteiger charge is 2.30. The number of halogens is 2. The minimum atomic E-state index is -1.19. The molecule has 32 heavy (non-hydrogen) atoms. The van der Waals surface area contributed by atoms with Crippen molar-refractivity contribution in [3.8, 4) is 11.1 Å². The van der Waals surface area contributed by atoms with Gasteiger partial charge in [-0.15, -0.1) is 0 Å². The summed E-state index contributed by atoms with van der Waals surface area (Å²) in [6.45, 7) is -0.695. The summed E-state index contributed by atoms with van der Waals surface area (Å²) in [6, 6.07) is 18.2. The molecule has 7 heteroatoms. The number of carbonyl (C=O) groups is 2. The highest BCUT2D eigenvalue weighted by Crippen LogP contribution is 2.44. The van der Waals surface area contributed by atoms with E-state index in [1.54, 1.807) is 12.1 Å². The van der Waals surface area contributed by atoms with Crippen LogP contribution in [0.2, 0.25) is 10.0 Å². The third kappa shape index (κ3) is 3.39. The normalized spacial score (nSPS) is 15.0. The highest BCUT2D eigenvalue weighted by atomic mass is 35.5. The molecule has 0 saturated carbocycles. The third-order valence-electron chi connectivity index (χ3n) is 5.47. The van der Waals surface area contributed by atoms with Gasteiger partial charge in [-0.25, -0.2) is 9.59 Å². The van der Waals surface area contributed by atoms with E-state index < -0.39 is 18.0 Å². The molecule has 0 aromatic heterocycles. The van der Waals surface area contributed by atoms with Crippen molar-refractivity contribution >= 4 is 56.7 Å². The van der Waals surface area contributed by atoms with Crippen LogP contribution in [0.4, 0.5) is 0 Å². The first-order valence-corrected chi connectivity index (χ1v) is 10.7. The molecule has 5 nitrogen and oxygen atoms in total. The summed E-state index contributed by atoms with van der Waals surface area (Å²) in [7, 11) is 0. The molecule has 0 fully saturated rings. The Morgan fingerprint density at radius 3 is 1.53 bits per heavy atom. The lowest BCUT2D eigenvalue weighted by Crippen LogP contribution is -2.25. The second-order valence-corrected chi connectivity index (χ2v) is 8.32. The Hall–Kier alpha value is -3.12. The Bertz CT molecular complexity index is 1310. The topological polar surface area (TPSA) is 72.8 Å². The van der Waals surface area contributed by atoms with Gasteiger partial charge in [0.15, 0.2) is 0 Å². The first-order chi connectivity index (χ1) is 15.5. The van der Waals surface area contributed by atoms with E-state index in [-0.39, 0.29) is 34.4 Å². The van der Waals surface area contributed by atoms with Crippen LogP contribution < -0.4 is 0 Å². The van der Waals surface area contributed by atoms with Gasteiger partial charge in [-0.2, -0.15) is 0 Å². The average molecular weight is 467 g/mol. The number of aliphatic hydroxyl groups is 1. The predicted molar refractivity (Wildman–Crippen MR) is 123 cm³/mol. The van der Waals surface area contributed by atoms with E-state index in [9.17, 15) is 14.7 Å². The van der Waals surface area contributed by atoms with Crippen LogP contribution in [-0.2, 0) is 9.47 Å². The zero-order chi connectivity index (χ0) is 22.4. The Balaban J connectivity index is 2.02. The van der Waals surface area contributed by atoms with Crippen molar-refractivity contribution in [1.82, 2.24) is 0 Å². The van der Waals surface area contributed by atoms with E-state index in [4.69, 9.17) is 32.7 Å². The Morgan fingerprint density at radius 2 is 1.09 bits per heavy atom. The lowest BCUT2D eigenvalue weighted by Gasteiger charge is -2.19. The average Bonchev–Trinajstić information content (AvgIpc) is 2.80. The molecule has 160 valence electrons. The quantitative estimate of drug-likeness (QED) is 0.338. The monoisotopic (exact) mass is 466 g/mol. The van der Waals surface area contributed by atoms with Crippen LogP contribution in [0.25, 0.3) is 32.7 Å². The van der Waals surface area contributed by atoms with Crippen LogP contribution >= 0.6 is 23.2 Å². The number of cyclic esters (lactones) is 2. The summed E-state index contributed by atoms with van der Waals surface area (Å²) >= 11 is 13.2. The number of rotatable bonds is 0. The van der Waals surface area contributed by atoms with Crippen LogP contribution in [0.15, 0.2) is 60.7 Å². The van der Waals surface area contributed by atoms with Crippen molar-refractivity contribution in [3.05, 3.63) is 81.8 Å². The molecule has 0 spiro atoms. The molecule has 0 bridgehead atoms. The van der Waals surface area contributed by atoms with Crippen LogP contribution in [0.1, 0.15) is 20.7 Å². The second kappa shape index (κ2) is 8.10. The van der Waals surface area contributed by atoms with E-state index in [1.807, 2.05) is 48.5 Å². The lowest BCUT2D eigenvalue weighted by molar-refractivity contribution is -0.00438. The van der Waals surface area contributed by atoms with Gasteiger partial charge < -0.3 is 14.6 Å².